The number of benzene rings is 1. The molecule has 8 heteroatoms. The molecule has 1 aromatic carbocycles. The highest BCUT2D eigenvalue weighted by Crippen LogP contribution is 2.20. The number of carbonyl (C=O) groups is 1. The Bertz CT molecular complexity index is 800. The Labute approximate surface area is 140 Å². The highest BCUT2D eigenvalue weighted by atomic mass is 32.2. The van der Waals surface area contributed by atoms with Crippen molar-refractivity contribution in [3.05, 3.63) is 48.5 Å². The summed E-state index contributed by atoms with van der Waals surface area (Å²) in [4.78, 5) is 15.5. The van der Waals surface area contributed by atoms with E-state index < -0.39 is 10.0 Å². The lowest BCUT2D eigenvalue weighted by Crippen LogP contribution is -2.46. The first-order valence-corrected chi connectivity index (χ1v) is 9.09. The average molecular weight is 349 g/mol. The number of imidazole rings is 1. The zero-order valence-corrected chi connectivity index (χ0v) is 14.1. The molecule has 0 spiro atoms. The summed E-state index contributed by atoms with van der Waals surface area (Å²) in [5.74, 6) is -0.0919. The Kier molecular flexibility index (Phi) is 4.79. The lowest BCUT2D eigenvalue weighted by Gasteiger charge is -2.32. The number of ketones is 1. The molecule has 1 saturated heterocycles. The van der Waals surface area contributed by atoms with Gasteiger partial charge in [0.25, 0.3) is 0 Å². The third-order valence-electron chi connectivity index (χ3n) is 3.97. The van der Waals surface area contributed by atoms with E-state index in [0.29, 0.717) is 25.3 Å². The minimum atomic E-state index is -3.60. The molecule has 0 radical (unpaired) electrons. The Morgan fingerprint density at radius 1 is 1.33 bits per heavy atom. The van der Waals surface area contributed by atoms with E-state index >= 15 is 0 Å². The van der Waals surface area contributed by atoms with Crippen LogP contribution in [0.25, 0.3) is 0 Å². The monoisotopic (exact) mass is 349 g/mol. The molecule has 1 aliphatic rings. The summed E-state index contributed by atoms with van der Waals surface area (Å²) < 4.78 is 34.5. The zero-order chi connectivity index (χ0) is 17.2. The minimum Gasteiger partial charge on any atom is -0.374 e. The van der Waals surface area contributed by atoms with Crippen molar-refractivity contribution in [3.63, 3.8) is 0 Å². The molecule has 0 saturated carbocycles. The van der Waals surface area contributed by atoms with E-state index in [1.165, 1.54) is 23.4 Å². The fraction of sp³-hybridized carbons (Fsp3) is 0.375. The van der Waals surface area contributed by atoms with E-state index in [-0.39, 0.29) is 23.3 Å². The molecule has 1 atom stereocenters. The van der Waals surface area contributed by atoms with Crippen LogP contribution in [0.2, 0.25) is 0 Å². The first kappa shape index (κ1) is 16.8. The molecule has 128 valence electrons. The van der Waals surface area contributed by atoms with Crippen molar-refractivity contribution in [2.75, 3.05) is 19.7 Å². The van der Waals surface area contributed by atoms with Gasteiger partial charge in [-0.1, -0.05) is 12.1 Å². The van der Waals surface area contributed by atoms with Gasteiger partial charge in [0.1, 0.15) is 0 Å². The lowest BCUT2D eigenvalue weighted by atomic mass is 10.2. The molecule has 0 aliphatic carbocycles. The van der Waals surface area contributed by atoms with Crippen molar-refractivity contribution in [1.29, 1.82) is 0 Å². The molecule has 1 aromatic heterocycles. The summed E-state index contributed by atoms with van der Waals surface area (Å²) in [5, 5.41) is 0. The molecule has 2 heterocycles. The molecule has 2 aromatic rings. The van der Waals surface area contributed by atoms with Gasteiger partial charge in [-0.25, -0.2) is 13.4 Å². The quantitative estimate of drug-likeness (QED) is 0.757. The minimum absolute atomic E-state index is 0.0919. The average Bonchev–Trinajstić information content (AvgIpc) is 3.08. The van der Waals surface area contributed by atoms with E-state index in [2.05, 4.69) is 4.98 Å². The summed E-state index contributed by atoms with van der Waals surface area (Å²) in [5.41, 5.74) is 0.494. The number of ether oxygens (including phenoxy) is 1. The molecule has 1 aliphatic heterocycles. The predicted molar refractivity (Wildman–Crippen MR) is 87.2 cm³/mol. The molecule has 0 unspecified atom stereocenters. The highest BCUT2D eigenvalue weighted by Gasteiger charge is 2.30. The van der Waals surface area contributed by atoms with Gasteiger partial charge >= 0.3 is 0 Å². The van der Waals surface area contributed by atoms with Crippen LogP contribution >= 0.6 is 0 Å². The molecule has 24 heavy (non-hydrogen) atoms. The van der Waals surface area contributed by atoms with Gasteiger partial charge in [0.2, 0.25) is 10.0 Å². The maximum atomic E-state index is 12.8. The zero-order valence-electron chi connectivity index (χ0n) is 13.3. The normalized spacial score (nSPS) is 19.3. The molecular formula is C16H19N3O4S. The topological polar surface area (TPSA) is 81.5 Å². The SMILES string of the molecule is CC(=O)c1ccc(S(=O)(=O)N2CCO[C@@H](Cn3ccnc3)C2)cc1. The van der Waals surface area contributed by atoms with Crippen LogP contribution in [0.5, 0.6) is 0 Å². The van der Waals surface area contributed by atoms with Crippen molar-refractivity contribution < 1.29 is 17.9 Å². The third-order valence-corrected chi connectivity index (χ3v) is 5.85. The van der Waals surface area contributed by atoms with Crippen molar-refractivity contribution in [3.8, 4) is 0 Å². The fourth-order valence-corrected chi connectivity index (χ4v) is 4.12. The van der Waals surface area contributed by atoms with Gasteiger partial charge in [-0.15, -0.1) is 0 Å². The van der Waals surface area contributed by atoms with Gasteiger partial charge in [-0.3, -0.25) is 4.79 Å². The fourth-order valence-electron chi connectivity index (χ4n) is 2.66. The largest absolute Gasteiger partial charge is 0.374 e. The molecule has 1 fully saturated rings. The maximum Gasteiger partial charge on any atom is 0.243 e. The van der Waals surface area contributed by atoms with E-state index in [9.17, 15) is 13.2 Å². The van der Waals surface area contributed by atoms with Crippen LogP contribution in [-0.2, 0) is 21.3 Å². The highest BCUT2D eigenvalue weighted by molar-refractivity contribution is 7.89. The first-order chi connectivity index (χ1) is 11.5. The number of carbonyl (C=O) groups excluding carboxylic acids is 1. The molecule has 0 bridgehead atoms. The number of Topliss-reactive ketones (excluding diaryl/α,β-unsaturated/α-hetero) is 1. The van der Waals surface area contributed by atoms with Gasteiger partial charge in [0, 0.05) is 31.0 Å². The standard InChI is InChI=1S/C16H19N3O4S/c1-13(20)14-2-4-16(5-3-14)24(21,22)19-8-9-23-15(11-19)10-18-7-6-17-12-18/h2-7,12,15H,8-11H2,1H3/t15-/m0/s1. The number of hydrogen-bond donors (Lipinski definition) is 0. The number of hydrogen-bond acceptors (Lipinski definition) is 5. The lowest BCUT2D eigenvalue weighted by molar-refractivity contribution is -0.0102. The summed E-state index contributed by atoms with van der Waals surface area (Å²) in [6.07, 6.45) is 4.95. The molecule has 0 N–H and O–H groups in total. The molecule has 0 amide bonds. The molecule has 7 nitrogen and oxygen atoms in total. The summed E-state index contributed by atoms with van der Waals surface area (Å²) >= 11 is 0. The van der Waals surface area contributed by atoms with Crippen molar-refractivity contribution in [2.45, 2.75) is 24.5 Å². The van der Waals surface area contributed by atoms with Crippen LogP contribution in [-0.4, -0.2) is 53.9 Å². The number of aromatic nitrogens is 2. The third kappa shape index (κ3) is 3.55. The van der Waals surface area contributed by atoms with Gasteiger partial charge < -0.3 is 9.30 Å². The van der Waals surface area contributed by atoms with E-state index in [4.69, 9.17) is 4.74 Å². The Hall–Kier alpha value is -2.03. The second-order valence-electron chi connectivity index (χ2n) is 5.70. The van der Waals surface area contributed by atoms with E-state index in [1.54, 1.807) is 24.7 Å². The van der Waals surface area contributed by atoms with Crippen LogP contribution in [0.4, 0.5) is 0 Å². The van der Waals surface area contributed by atoms with Crippen LogP contribution in [0, 0.1) is 0 Å². The second kappa shape index (κ2) is 6.84. The molecular weight excluding hydrogens is 330 g/mol. The Balaban J connectivity index is 1.74. The van der Waals surface area contributed by atoms with Crippen LogP contribution in [0.3, 0.4) is 0 Å². The number of morpholine rings is 1. The van der Waals surface area contributed by atoms with Gasteiger partial charge in [-0.05, 0) is 19.1 Å². The van der Waals surface area contributed by atoms with Crippen LogP contribution in [0.15, 0.2) is 47.9 Å². The molecule has 3 rings (SSSR count). The van der Waals surface area contributed by atoms with Crippen molar-refractivity contribution in [1.82, 2.24) is 13.9 Å². The smallest absolute Gasteiger partial charge is 0.243 e. The number of rotatable bonds is 5. The van der Waals surface area contributed by atoms with Gasteiger partial charge in [0.05, 0.1) is 30.5 Å². The van der Waals surface area contributed by atoms with Crippen LogP contribution < -0.4 is 0 Å². The van der Waals surface area contributed by atoms with Crippen LogP contribution in [0.1, 0.15) is 17.3 Å². The maximum absolute atomic E-state index is 12.8. The first-order valence-electron chi connectivity index (χ1n) is 7.65. The summed E-state index contributed by atoms with van der Waals surface area (Å²) in [7, 11) is -3.60. The predicted octanol–water partition coefficient (Wildman–Crippen LogP) is 1.18. The van der Waals surface area contributed by atoms with Gasteiger partial charge in [0.15, 0.2) is 5.78 Å². The number of sulfonamides is 1. The summed E-state index contributed by atoms with van der Waals surface area (Å²) in [6.45, 7) is 2.96. The number of nitrogens with zero attached hydrogens (tertiary/aromatic N) is 3. The Morgan fingerprint density at radius 2 is 2.08 bits per heavy atom. The van der Waals surface area contributed by atoms with Gasteiger partial charge in [-0.2, -0.15) is 4.31 Å². The second-order valence-corrected chi connectivity index (χ2v) is 7.63. The Morgan fingerprint density at radius 3 is 2.71 bits per heavy atom. The van der Waals surface area contributed by atoms with Crippen molar-refractivity contribution >= 4 is 15.8 Å². The van der Waals surface area contributed by atoms with Crippen molar-refractivity contribution in [2.24, 2.45) is 0 Å². The van der Waals surface area contributed by atoms with E-state index in [0.717, 1.165) is 0 Å². The summed E-state index contributed by atoms with van der Waals surface area (Å²) in [6, 6.07) is 6.04. The van der Waals surface area contributed by atoms with E-state index in [1.807, 2.05) is 10.8 Å².